The van der Waals surface area contributed by atoms with Crippen molar-refractivity contribution in [2.75, 3.05) is 0 Å². The van der Waals surface area contributed by atoms with Crippen molar-refractivity contribution in [1.29, 1.82) is 0 Å². The van der Waals surface area contributed by atoms with Gasteiger partial charge in [-0.2, -0.15) is 0 Å². The molecular weight excluding hydrogens is 393 g/mol. The van der Waals surface area contributed by atoms with Crippen LogP contribution in [0.3, 0.4) is 0 Å². The van der Waals surface area contributed by atoms with Crippen molar-refractivity contribution >= 4 is 64.2 Å². The van der Waals surface area contributed by atoms with Crippen LogP contribution < -0.4 is 0 Å². The number of aromatic nitrogens is 1. The molecule has 0 aliphatic rings. The van der Waals surface area contributed by atoms with E-state index < -0.39 is 11.9 Å². The minimum Gasteiger partial charge on any atom is -0.236 e. The summed E-state index contributed by atoms with van der Waals surface area (Å²) in [5, 5.41) is 0.788. The van der Waals surface area contributed by atoms with E-state index in [4.69, 9.17) is 11.6 Å². The van der Waals surface area contributed by atoms with Crippen molar-refractivity contribution in [3.63, 3.8) is 0 Å². The summed E-state index contributed by atoms with van der Waals surface area (Å²) < 4.78 is 22.3. The maximum atomic E-state index is 12.0. The van der Waals surface area contributed by atoms with E-state index in [1.165, 1.54) is 6.07 Å². The van der Waals surface area contributed by atoms with Gasteiger partial charge in [0.2, 0.25) is 9.84 Å². The molecule has 0 aliphatic heterocycles. The summed E-state index contributed by atoms with van der Waals surface area (Å²) in [7, 11) is -3.78. The van der Waals surface area contributed by atoms with Crippen molar-refractivity contribution in [2.45, 2.75) is 7.05 Å². The first-order valence-electron chi connectivity index (χ1n) is 4.49. The normalized spacial score (nSPS) is 12.9. The van der Waals surface area contributed by atoms with Crippen molar-refractivity contribution < 1.29 is 8.42 Å². The highest BCUT2D eigenvalue weighted by Gasteiger charge is 2.39. The van der Waals surface area contributed by atoms with Gasteiger partial charge in [0.05, 0.1) is 5.52 Å². The summed E-state index contributed by atoms with van der Waals surface area (Å²) in [6.07, 6.45) is 0. The Morgan fingerprint density at radius 2 is 1.76 bits per heavy atom. The van der Waals surface area contributed by atoms with Crippen LogP contribution in [-0.4, -0.2) is 15.4 Å². The topological polar surface area (TPSA) is 47.0 Å². The van der Waals surface area contributed by atoms with Gasteiger partial charge in [-0.1, -0.05) is 29.8 Å². The largest absolute Gasteiger partial charge is 0.259 e. The molecule has 0 atom stereocenters. The van der Waals surface area contributed by atoms with Crippen LogP contribution in [0.5, 0.6) is 0 Å². The molecule has 0 saturated carbocycles. The summed E-state index contributed by atoms with van der Waals surface area (Å²) in [6.45, 7) is 0. The molecule has 7 heteroatoms. The Hall–Kier alpha value is -0.170. The standard InChI is InChI=1S/C10H6Br2ClNO2S/c11-10(12,13)17(15,16)9-6-5-7-3-1-2-4-8(7)14-9/h1-6H. The number of hydrogen-bond acceptors (Lipinski definition) is 3. The fourth-order valence-electron chi connectivity index (χ4n) is 1.32. The quantitative estimate of drug-likeness (QED) is 0.725. The van der Waals surface area contributed by atoms with E-state index in [9.17, 15) is 8.42 Å². The molecule has 0 saturated heterocycles. The SMILES string of the molecule is O=S(=O)(c1ccc2ccccc2n1)C(Cl)(Br)Br. The maximum Gasteiger partial charge on any atom is 0.259 e. The number of rotatable bonds is 2. The molecule has 0 unspecified atom stereocenters. The predicted octanol–water partition coefficient (Wildman–Crippen LogP) is 3.65. The van der Waals surface area contributed by atoms with Crippen LogP contribution in [0.15, 0.2) is 41.4 Å². The number of sulfone groups is 1. The molecular formula is C10H6Br2ClNO2S. The molecule has 1 aromatic carbocycles. The predicted molar refractivity (Wildman–Crippen MR) is 75.4 cm³/mol. The number of fused-ring (bicyclic) bond motifs is 1. The second-order valence-corrected chi connectivity index (χ2v) is 11.5. The minimum atomic E-state index is -3.78. The third-order valence-electron chi connectivity index (χ3n) is 2.15. The molecule has 0 amide bonds. The smallest absolute Gasteiger partial charge is 0.236 e. The van der Waals surface area contributed by atoms with Crippen LogP contribution in [0.25, 0.3) is 10.9 Å². The second kappa shape index (κ2) is 4.50. The van der Waals surface area contributed by atoms with Crippen LogP contribution in [0.1, 0.15) is 0 Å². The number of pyridine rings is 1. The summed E-state index contributed by atoms with van der Waals surface area (Å²) in [5.41, 5.74) is 0.606. The van der Waals surface area contributed by atoms with E-state index in [2.05, 4.69) is 36.8 Å². The Kier molecular flexibility index (Phi) is 3.51. The highest BCUT2D eigenvalue weighted by molar-refractivity contribution is 9.28. The third-order valence-corrected chi connectivity index (χ3v) is 6.71. The Morgan fingerprint density at radius 3 is 2.41 bits per heavy atom. The first kappa shape index (κ1) is 13.3. The Bertz CT molecular complexity index is 667. The van der Waals surface area contributed by atoms with Crippen molar-refractivity contribution in [3.05, 3.63) is 36.4 Å². The van der Waals surface area contributed by atoms with Gasteiger partial charge in [-0.25, -0.2) is 13.4 Å². The molecule has 0 bridgehead atoms. The van der Waals surface area contributed by atoms with Gasteiger partial charge in [0.1, 0.15) is 0 Å². The zero-order valence-corrected chi connectivity index (χ0v) is 13.0. The number of halogens is 3. The van der Waals surface area contributed by atoms with E-state index in [0.717, 1.165) is 5.39 Å². The average Bonchev–Trinajstić information content (AvgIpc) is 2.27. The lowest BCUT2D eigenvalue weighted by Gasteiger charge is -2.12. The molecule has 3 nitrogen and oxygen atoms in total. The highest BCUT2D eigenvalue weighted by atomic mass is 79.9. The van der Waals surface area contributed by atoms with Gasteiger partial charge >= 0.3 is 0 Å². The third kappa shape index (κ3) is 2.50. The van der Waals surface area contributed by atoms with E-state index >= 15 is 0 Å². The molecule has 1 aromatic heterocycles. The first-order valence-corrected chi connectivity index (χ1v) is 7.94. The van der Waals surface area contributed by atoms with Gasteiger partial charge in [-0.3, -0.25) is 0 Å². The summed E-state index contributed by atoms with van der Waals surface area (Å²) in [5.74, 6) is 0. The van der Waals surface area contributed by atoms with Gasteiger partial charge in [-0.15, -0.1) is 0 Å². The van der Waals surface area contributed by atoms with E-state index in [0.29, 0.717) is 5.52 Å². The molecule has 1 heterocycles. The van der Waals surface area contributed by atoms with Crippen molar-refractivity contribution in [1.82, 2.24) is 4.98 Å². The Morgan fingerprint density at radius 1 is 1.12 bits per heavy atom. The molecule has 0 radical (unpaired) electrons. The highest BCUT2D eigenvalue weighted by Crippen LogP contribution is 2.40. The second-order valence-electron chi connectivity index (χ2n) is 3.29. The first-order chi connectivity index (χ1) is 7.82. The van der Waals surface area contributed by atoms with Crippen LogP contribution in [-0.2, 0) is 9.84 Å². The number of para-hydroxylation sites is 1. The lowest BCUT2D eigenvalue weighted by molar-refractivity contribution is 0.595. The van der Waals surface area contributed by atoms with Crippen LogP contribution in [0.2, 0.25) is 0 Å². The molecule has 17 heavy (non-hydrogen) atoms. The van der Waals surface area contributed by atoms with Gasteiger partial charge in [-0.05, 0) is 50.1 Å². The summed E-state index contributed by atoms with van der Waals surface area (Å²) >= 11 is 11.4. The molecule has 0 aliphatic carbocycles. The van der Waals surface area contributed by atoms with Crippen molar-refractivity contribution in [3.8, 4) is 0 Å². The fraction of sp³-hybridized carbons (Fsp3) is 0.100. The monoisotopic (exact) mass is 397 g/mol. The van der Waals surface area contributed by atoms with E-state index in [-0.39, 0.29) is 5.03 Å². The maximum absolute atomic E-state index is 12.0. The Labute approximate surface area is 120 Å². The number of alkyl halides is 3. The fourth-order valence-corrected chi connectivity index (χ4v) is 3.25. The molecule has 0 spiro atoms. The molecule has 90 valence electrons. The lowest BCUT2D eigenvalue weighted by Crippen LogP contribution is -2.19. The lowest BCUT2D eigenvalue weighted by atomic mass is 10.2. The molecule has 0 N–H and O–H groups in total. The molecule has 2 rings (SSSR count). The summed E-state index contributed by atoms with van der Waals surface area (Å²) in [4.78, 5) is 4.08. The molecule has 0 fully saturated rings. The van der Waals surface area contributed by atoms with Gasteiger partial charge in [0.25, 0.3) is 2.02 Å². The zero-order chi connectivity index (χ0) is 12.7. The van der Waals surface area contributed by atoms with Crippen molar-refractivity contribution in [2.24, 2.45) is 0 Å². The summed E-state index contributed by atoms with van der Waals surface area (Å²) in [6, 6.07) is 10.4. The minimum absolute atomic E-state index is 0.0834. The average molecular weight is 399 g/mol. The number of benzene rings is 1. The van der Waals surface area contributed by atoms with E-state index in [1.807, 2.05) is 12.1 Å². The number of nitrogens with zero attached hydrogens (tertiary/aromatic N) is 1. The van der Waals surface area contributed by atoms with Crippen LogP contribution in [0, 0.1) is 0 Å². The van der Waals surface area contributed by atoms with Gasteiger partial charge in [0.15, 0.2) is 5.03 Å². The Balaban J connectivity index is 2.66. The van der Waals surface area contributed by atoms with Crippen LogP contribution >= 0.6 is 43.5 Å². The molecule has 2 aromatic rings. The number of hydrogen-bond donors (Lipinski definition) is 0. The van der Waals surface area contributed by atoms with Gasteiger partial charge < -0.3 is 0 Å². The van der Waals surface area contributed by atoms with E-state index in [1.54, 1.807) is 18.2 Å². The van der Waals surface area contributed by atoms with Gasteiger partial charge in [0, 0.05) is 5.39 Å². The zero-order valence-electron chi connectivity index (χ0n) is 8.27. The van der Waals surface area contributed by atoms with Crippen LogP contribution in [0.4, 0.5) is 0 Å².